The van der Waals surface area contributed by atoms with E-state index < -0.39 is 17.5 Å². The predicted molar refractivity (Wildman–Crippen MR) is 80.6 cm³/mol. The molecule has 0 aromatic heterocycles. The molecule has 0 aliphatic heterocycles. The molecule has 2 amide bonds. The van der Waals surface area contributed by atoms with E-state index in [1.165, 1.54) is 18.2 Å². The van der Waals surface area contributed by atoms with E-state index >= 15 is 0 Å². The third kappa shape index (κ3) is 3.80. The Balaban J connectivity index is 2.05. The smallest absolute Gasteiger partial charge is 0.410 e. The number of nitrogens with one attached hydrogen (secondary N) is 1. The topological polar surface area (TPSA) is 81.4 Å². The van der Waals surface area contributed by atoms with E-state index in [2.05, 4.69) is 5.32 Å². The summed E-state index contributed by atoms with van der Waals surface area (Å²) in [6, 6.07) is 4.48. The van der Waals surface area contributed by atoms with Crippen LogP contribution in [0.25, 0.3) is 0 Å². The molecule has 1 saturated carbocycles. The number of benzene rings is 1. The van der Waals surface area contributed by atoms with Gasteiger partial charge in [-0.3, -0.25) is 4.79 Å². The van der Waals surface area contributed by atoms with Crippen LogP contribution in [-0.4, -0.2) is 17.5 Å². The number of nitrogens with two attached hydrogens (primary N) is 1. The monoisotopic (exact) mass is 330 g/mol. The molecule has 0 heterocycles. The first-order valence-corrected chi connectivity index (χ1v) is 7.43. The summed E-state index contributed by atoms with van der Waals surface area (Å²) >= 11 is 11.6. The predicted octanol–water partition coefficient (Wildman–Crippen LogP) is 3.27. The van der Waals surface area contributed by atoms with Crippen LogP contribution in [-0.2, 0) is 4.79 Å². The van der Waals surface area contributed by atoms with Crippen LogP contribution < -0.4 is 15.8 Å². The summed E-state index contributed by atoms with van der Waals surface area (Å²) in [5.41, 5.74) is 4.42. The van der Waals surface area contributed by atoms with Crippen molar-refractivity contribution < 1.29 is 14.3 Å². The van der Waals surface area contributed by atoms with Gasteiger partial charge in [-0.15, -0.1) is 0 Å². The lowest BCUT2D eigenvalue weighted by Crippen LogP contribution is -2.59. The van der Waals surface area contributed by atoms with Crippen molar-refractivity contribution in [1.82, 2.24) is 5.32 Å². The largest absolute Gasteiger partial charge is 0.413 e. The van der Waals surface area contributed by atoms with Crippen LogP contribution in [0.5, 0.6) is 5.75 Å². The number of hydrogen-bond donors (Lipinski definition) is 2. The van der Waals surface area contributed by atoms with E-state index in [0.717, 1.165) is 19.3 Å². The number of rotatable bonds is 3. The zero-order valence-electron chi connectivity index (χ0n) is 11.3. The summed E-state index contributed by atoms with van der Waals surface area (Å²) in [6.07, 6.45) is 3.04. The fourth-order valence-corrected chi connectivity index (χ4v) is 2.74. The maximum absolute atomic E-state index is 12.0. The van der Waals surface area contributed by atoms with Crippen molar-refractivity contribution in [3.05, 3.63) is 28.2 Å². The van der Waals surface area contributed by atoms with E-state index in [1.807, 2.05) is 0 Å². The highest BCUT2D eigenvalue weighted by molar-refractivity contribution is 6.42. The Morgan fingerprint density at radius 1 is 1.14 bits per heavy atom. The SMILES string of the molecule is NC(=O)C1(NC(=O)Oc2ccc(Cl)c(Cl)c2)CCCCC1. The minimum atomic E-state index is -1.02. The van der Waals surface area contributed by atoms with Gasteiger partial charge in [0.2, 0.25) is 5.91 Å². The first-order chi connectivity index (χ1) is 9.93. The van der Waals surface area contributed by atoms with Gasteiger partial charge < -0.3 is 15.8 Å². The number of amides is 2. The van der Waals surface area contributed by atoms with Gasteiger partial charge in [0.1, 0.15) is 11.3 Å². The lowest BCUT2D eigenvalue weighted by atomic mass is 9.81. The van der Waals surface area contributed by atoms with Crippen LogP contribution in [0.1, 0.15) is 32.1 Å². The average Bonchev–Trinajstić information content (AvgIpc) is 2.43. The Morgan fingerprint density at radius 2 is 1.81 bits per heavy atom. The summed E-state index contributed by atoms with van der Waals surface area (Å²) in [5.74, 6) is -0.286. The molecule has 5 nitrogen and oxygen atoms in total. The highest BCUT2D eigenvalue weighted by Gasteiger charge is 2.39. The summed E-state index contributed by atoms with van der Waals surface area (Å²) < 4.78 is 5.13. The van der Waals surface area contributed by atoms with Crippen LogP contribution in [0.15, 0.2) is 18.2 Å². The molecule has 1 aromatic carbocycles. The van der Waals surface area contributed by atoms with Gasteiger partial charge in [0, 0.05) is 6.07 Å². The van der Waals surface area contributed by atoms with E-state index in [0.29, 0.717) is 17.9 Å². The first-order valence-electron chi connectivity index (χ1n) is 6.68. The fourth-order valence-electron chi connectivity index (χ4n) is 2.46. The Kier molecular flexibility index (Phi) is 4.96. The molecule has 3 N–H and O–H groups in total. The number of hydrogen-bond acceptors (Lipinski definition) is 3. The van der Waals surface area contributed by atoms with Crippen molar-refractivity contribution in [3.8, 4) is 5.75 Å². The second-order valence-corrected chi connectivity index (χ2v) is 5.91. The minimum absolute atomic E-state index is 0.248. The van der Waals surface area contributed by atoms with E-state index in [-0.39, 0.29) is 10.8 Å². The Hall–Kier alpha value is -1.46. The van der Waals surface area contributed by atoms with Crippen LogP contribution in [0, 0.1) is 0 Å². The van der Waals surface area contributed by atoms with Crippen molar-refractivity contribution in [3.63, 3.8) is 0 Å². The van der Waals surface area contributed by atoms with E-state index in [9.17, 15) is 9.59 Å². The van der Waals surface area contributed by atoms with Crippen LogP contribution >= 0.6 is 23.2 Å². The van der Waals surface area contributed by atoms with Gasteiger partial charge in [0.25, 0.3) is 0 Å². The Morgan fingerprint density at radius 3 is 2.38 bits per heavy atom. The zero-order chi connectivity index (χ0) is 15.5. The third-order valence-electron chi connectivity index (χ3n) is 3.62. The molecule has 1 aromatic rings. The molecule has 0 radical (unpaired) electrons. The van der Waals surface area contributed by atoms with Crippen molar-refractivity contribution in [1.29, 1.82) is 0 Å². The quantitative estimate of drug-likeness (QED) is 0.892. The number of primary amides is 1. The highest BCUT2D eigenvalue weighted by atomic mass is 35.5. The van der Waals surface area contributed by atoms with Crippen molar-refractivity contribution in [2.75, 3.05) is 0 Å². The minimum Gasteiger partial charge on any atom is -0.410 e. The van der Waals surface area contributed by atoms with Crippen LogP contribution in [0.2, 0.25) is 10.0 Å². The first kappa shape index (κ1) is 15.9. The van der Waals surface area contributed by atoms with Crippen LogP contribution in [0.4, 0.5) is 4.79 Å². The summed E-state index contributed by atoms with van der Waals surface area (Å²) in [4.78, 5) is 23.6. The lowest BCUT2D eigenvalue weighted by Gasteiger charge is -2.34. The van der Waals surface area contributed by atoms with E-state index in [4.69, 9.17) is 33.7 Å². The molecule has 1 aliphatic carbocycles. The van der Waals surface area contributed by atoms with Gasteiger partial charge >= 0.3 is 6.09 Å². The van der Waals surface area contributed by atoms with Gasteiger partial charge in [0.05, 0.1) is 10.0 Å². The summed E-state index contributed by atoms with van der Waals surface area (Å²) in [7, 11) is 0. The Bertz CT molecular complexity index is 557. The number of halogens is 2. The standard InChI is InChI=1S/C14H16Cl2N2O3/c15-10-5-4-9(8-11(10)16)21-13(20)18-14(12(17)19)6-2-1-3-7-14/h4-5,8H,1-3,6-7H2,(H2,17,19)(H,18,20). The molecule has 7 heteroatoms. The molecule has 21 heavy (non-hydrogen) atoms. The molecule has 1 fully saturated rings. The maximum Gasteiger partial charge on any atom is 0.413 e. The molecule has 1 aliphatic rings. The van der Waals surface area contributed by atoms with Gasteiger partial charge in [-0.25, -0.2) is 4.79 Å². The normalized spacial score (nSPS) is 17.0. The summed E-state index contributed by atoms with van der Waals surface area (Å²) in [6.45, 7) is 0. The van der Waals surface area contributed by atoms with Crippen LogP contribution in [0.3, 0.4) is 0 Å². The summed E-state index contributed by atoms with van der Waals surface area (Å²) in [5, 5.41) is 3.25. The number of carbonyl (C=O) groups excluding carboxylic acids is 2. The van der Waals surface area contributed by atoms with Gasteiger partial charge in [-0.05, 0) is 25.0 Å². The van der Waals surface area contributed by atoms with Crippen molar-refractivity contribution >= 4 is 35.2 Å². The second kappa shape index (κ2) is 6.54. The average molecular weight is 331 g/mol. The maximum atomic E-state index is 12.0. The molecular formula is C14H16Cl2N2O3. The lowest BCUT2D eigenvalue weighted by molar-refractivity contribution is -0.125. The van der Waals surface area contributed by atoms with Gasteiger partial charge in [-0.2, -0.15) is 0 Å². The van der Waals surface area contributed by atoms with Crippen molar-refractivity contribution in [2.24, 2.45) is 5.73 Å². The molecule has 114 valence electrons. The molecular weight excluding hydrogens is 315 g/mol. The molecule has 0 bridgehead atoms. The molecule has 2 rings (SSSR count). The molecule has 0 unspecified atom stereocenters. The molecule has 0 saturated heterocycles. The van der Waals surface area contributed by atoms with Gasteiger partial charge in [0.15, 0.2) is 0 Å². The second-order valence-electron chi connectivity index (χ2n) is 5.10. The third-order valence-corrected chi connectivity index (χ3v) is 4.36. The van der Waals surface area contributed by atoms with Crippen molar-refractivity contribution in [2.45, 2.75) is 37.6 Å². The van der Waals surface area contributed by atoms with E-state index in [1.54, 1.807) is 0 Å². The molecule has 0 atom stereocenters. The fraction of sp³-hybridized carbons (Fsp3) is 0.429. The number of carbonyl (C=O) groups is 2. The number of ether oxygens (including phenoxy) is 1. The highest BCUT2D eigenvalue weighted by Crippen LogP contribution is 2.29. The van der Waals surface area contributed by atoms with Gasteiger partial charge in [-0.1, -0.05) is 42.5 Å². The molecule has 0 spiro atoms. The Labute approximate surface area is 132 Å². The zero-order valence-corrected chi connectivity index (χ0v) is 12.8.